The van der Waals surface area contributed by atoms with Crippen LogP contribution in [0.15, 0.2) is 48.5 Å². The van der Waals surface area contributed by atoms with E-state index >= 15 is 0 Å². The molecule has 0 atom stereocenters. The van der Waals surface area contributed by atoms with Crippen LogP contribution in [0.1, 0.15) is 21.5 Å². The topological polar surface area (TPSA) is 105 Å². The van der Waals surface area contributed by atoms with Crippen LogP contribution < -0.4 is 15.4 Å². The lowest BCUT2D eigenvalue weighted by molar-refractivity contribution is -0.120. The maximum Gasteiger partial charge on any atom is 0.251 e. The number of hydrogen-bond acceptors (Lipinski definition) is 5. The fourth-order valence-corrected chi connectivity index (χ4v) is 4.55. The first-order valence-electron chi connectivity index (χ1n) is 9.62. The van der Waals surface area contributed by atoms with E-state index in [0.717, 1.165) is 16.9 Å². The highest BCUT2D eigenvalue weighted by atomic mass is 32.2. The Balaban J connectivity index is 1.44. The smallest absolute Gasteiger partial charge is 0.251 e. The van der Waals surface area contributed by atoms with Crippen LogP contribution in [0.4, 0.5) is 0 Å². The van der Waals surface area contributed by atoms with Crippen LogP contribution in [0.3, 0.4) is 0 Å². The van der Waals surface area contributed by atoms with Crippen molar-refractivity contribution in [2.24, 2.45) is 0 Å². The highest BCUT2D eigenvalue weighted by Crippen LogP contribution is 2.25. The molecule has 1 aliphatic heterocycles. The molecule has 9 heteroatoms. The minimum absolute atomic E-state index is 0.0195. The van der Waals surface area contributed by atoms with Crippen molar-refractivity contribution in [3.63, 3.8) is 0 Å². The zero-order valence-electron chi connectivity index (χ0n) is 16.8. The molecule has 0 saturated heterocycles. The summed E-state index contributed by atoms with van der Waals surface area (Å²) >= 11 is 0. The average Bonchev–Trinajstić information content (AvgIpc) is 2.77. The standard InChI is InChI=1S/C21H25N3O5S/c1-29-19-8-7-18-15-24(11-9-17(18)13-19)30(27,28)12-10-22-20(25)14-23-21(26)16-5-3-2-4-6-16/h2-8,13H,9-12,14-15H2,1H3,(H,22,25)(H,23,26). The van der Waals surface area contributed by atoms with E-state index in [1.807, 2.05) is 18.2 Å². The van der Waals surface area contributed by atoms with Gasteiger partial charge in [0.15, 0.2) is 0 Å². The quantitative estimate of drug-likeness (QED) is 0.647. The summed E-state index contributed by atoms with van der Waals surface area (Å²) in [5.41, 5.74) is 2.50. The molecule has 0 fully saturated rings. The van der Waals surface area contributed by atoms with Crippen molar-refractivity contribution in [3.05, 3.63) is 65.2 Å². The molecule has 0 aromatic heterocycles. The van der Waals surface area contributed by atoms with E-state index in [1.165, 1.54) is 4.31 Å². The SMILES string of the molecule is COc1ccc2c(c1)CCN(S(=O)(=O)CCNC(=O)CNC(=O)c1ccccc1)C2. The van der Waals surface area contributed by atoms with Crippen LogP contribution in [0, 0.1) is 0 Å². The second-order valence-corrected chi connectivity index (χ2v) is 9.02. The first-order valence-corrected chi connectivity index (χ1v) is 11.2. The molecule has 3 rings (SSSR count). The number of carbonyl (C=O) groups is 2. The molecule has 0 saturated carbocycles. The predicted octanol–water partition coefficient (Wildman–Crippen LogP) is 0.929. The molecule has 8 nitrogen and oxygen atoms in total. The van der Waals surface area contributed by atoms with Gasteiger partial charge in [-0.3, -0.25) is 9.59 Å². The summed E-state index contributed by atoms with van der Waals surface area (Å²) in [6, 6.07) is 14.2. The van der Waals surface area contributed by atoms with Crippen molar-refractivity contribution in [1.82, 2.24) is 14.9 Å². The highest BCUT2D eigenvalue weighted by molar-refractivity contribution is 7.89. The minimum atomic E-state index is -3.51. The normalized spacial score (nSPS) is 13.9. The lowest BCUT2D eigenvalue weighted by Crippen LogP contribution is -2.42. The lowest BCUT2D eigenvalue weighted by atomic mass is 10.0. The molecule has 2 aromatic carbocycles. The third-order valence-corrected chi connectivity index (χ3v) is 6.73. The maximum absolute atomic E-state index is 12.6. The van der Waals surface area contributed by atoms with Gasteiger partial charge in [-0.1, -0.05) is 24.3 Å². The third-order valence-electron chi connectivity index (χ3n) is 4.91. The Morgan fingerprint density at radius 2 is 1.83 bits per heavy atom. The van der Waals surface area contributed by atoms with Crippen LogP contribution in [-0.2, 0) is 27.8 Å². The molecule has 0 aliphatic carbocycles. The molecular weight excluding hydrogens is 406 g/mol. The molecule has 0 unspecified atom stereocenters. The molecular formula is C21H25N3O5S. The number of methoxy groups -OCH3 is 1. The molecule has 0 spiro atoms. The van der Waals surface area contributed by atoms with Gasteiger partial charge >= 0.3 is 0 Å². The zero-order valence-corrected chi connectivity index (χ0v) is 17.6. The number of fused-ring (bicyclic) bond motifs is 1. The van der Waals surface area contributed by atoms with Crippen molar-refractivity contribution in [3.8, 4) is 5.75 Å². The van der Waals surface area contributed by atoms with Gasteiger partial charge in [0.2, 0.25) is 15.9 Å². The largest absolute Gasteiger partial charge is 0.497 e. The van der Waals surface area contributed by atoms with E-state index in [2.05, 4.69) is 10.6 Å². The molecule has 1 heterocycles. The van der Waals surface area contributed by atoms with Gasteiger partial charge < -0.3 is 15.4 Å². The van der Waals surface area contributed by atoms with E-state index in [9.17, 15) is 18.0 Å². The van der Waals surface area contributed by atoms with Crippen molar-refractivity contribution in [1.29, 1.82) is 0 Å². The van der Waals surface area contributed by atoms with Crippen molar-refractivity contribution in [2.75, 3.05) is 32.5 Å². The number of ether oxygens (including phenoxy) is 1. The van der Waals surface area contributed by atoms with Gasteiger partial charge in [-0.25, -0.2) is 8.42 Å². The Labute approximate surface area is 176 Å². The van der Waals surface area contributed by atoms with Gasteiger partial charge in [0.25, 0.3) is 5.91 Å². The molecule has 2 N–H and O–H groups in total. The Bertz CT molecular complexity index is 1010. The number of nitrogens with one attached hydrogen (secondary N) is 2. The third kappa shape index (κ3) is 5.58. The van der Waals surface area contributed by atoms with E-state index in [1.54, 1.807) is 37.4 Å². The molecule has 1 aliphatic rings. The monoisotopic (exact) mass is 431 g/mol. The van der Waals surface area contributed by atoms with Gasteiger partial charge in [0.1, 0.15) is 5.75 Å². The Hall–Kier alpha value is -2.91. The summed E-state index contributed by atoms with van der Waals surface area (Å²) in [7, 11) is -1.91. The molecule has 0 bridgehead atoms. The first-order chi connectivity index (χ1) is 14.4. The number of sulfonamides is 1. The molecule has 30 heavy (non-hydrogen) atoms. The minimum Gasteiger partial charge on any atom is -0.497 e. The number of nitrogens with zero attached hydrogens (tertiary/aromatic N) is 1. The Kier molecular flexibility index (Phi) is 7.07. The number of benzene rings is 2. The van der Waals surface area contributed by atoms with E-state index < -0.39 is 15.9 Å². The van der Waals surface area contributed by atoms with Crippen LogP contribution in [0.5, 0.6) is 5.75 Å². The second-order valence-electron chi connectivity index (χ2n) is 6.93. The summed E-state index contributed by atoms with van der Waals surface area (Å²) in [6.45, 7) is 0.466. The first kappa shape index (κ1) is 21.8. The van der Waals surface area contributed by atoms with Gasteiger partial charge in [-0.05, 0) is 41.8 Å². The van der Waals surface area contributed by atoms with Crippen LogP contribution >= 0.6 is 0 Å². The predicted molar refractivity (Wildman–Crippen MR) is 113 cm³/mol. The van der Waals surface area contributed by atoms with Crippen molar-refractivity contribution in [2.45, 2.75) is 13.0 Å². The van der Waals surface area contributed by atoms with Gasteiger partial charge in [-0.2, -0.15) is 4.31 Å². The number of rotatable bonds is 8. The maximum atomic E-state index is 12.6. The Morgan fingerprint density at radius 1 is 1.07 bits per heavy atom. The van der Waals surface area contributed by atoms with Gasteiger partial charge in [0, 0.05) is 25.2 Å². The number of hydrogen-bond donors (Lipinski definition) is 2. The summed E-state index contributed by atoms with van der Waals surface area (Å²) in [6.07, 6.45) is 0.615. The summed E-state index contributed by atoms with van der Waals surface area (Å²) in [5, 5.41) is 5.05. The number of carbonyl (C=O) groups excluding carboxylic acids is 2. The fourth-order valence-electron chi connectivity index (χ4n) is 3.23. The Morgan fingerprint density at radius 3 is 2.57 bits per heavy atom. The van der Waals surface area contributed by atoms with E-state index in [4.69, 9.17) is 4.74 Å². The second kappa shape index (κ2) is 9.73. The highest BCUT2D eigenvalue weighted by Gasteiger charge is 2.26. The number of amides is 2. The van der Waals surface area contributed by atoms with Crippen molar-refractivity contribution < 1.29 is 22.7 Å². The van der Waals surface area contributed by atoms with Crippen LogP contribution in [-0.4, -0.2) is 57.0 Å². The van der Waals surface area contributed by atoms with E-state index in [0.29, 0.717) is 25.1 Å². The summed E-state index contributed by atoms with van der Waals surface area (Å²) in [5.74, 6) is -0.240. The average molecular weight is 432 g/mol. The van der Waals surface area contributed by atoms with Crippen LogP contribution in [0.2, 0.25) is 0 Å². The fraction of sp³-hybridized carbons (Fsp3) is 0.333. The van der Waals surface area contributed by atoms with E-state index in [-0.39, 0.29) is 24.7 Å². The van der Waals surface area contributed by atoms with Gasteiger partial charge in [0.05, 0.1) is 19.4 Å². The lowest BCUT2D eigenvalue weighted by Gasteiger charge is -2.28. The van der Waals surface area contributed by atoms with Crippen LogP contribution in [0.25, 0.3) is 0 Å². The summed E-state index contributed by atoms with van der Waals surface area (Å²) in [4.78, 5) is 23.8. The van der Waals surface area contributed by atoms with Crippen molar-refractivity contribution >= 4 is 21.8 Å². The molecule has 0 radical (unpaired) electrons. The van der Waals surface area contributed by atoms with Gasteiger partial charge in [-0.15, -0.1) is 0 Å². The molecule has 2 aromatic rings. The molecule has 2 amide bonds. The summed E-state index contributed by atoms with van der Waals surface area (Å²) < 4.78 is 31.9. The zero-order chi connectivity index (χ0) is 21.6. The molecule has 160 valence electrons.